The molecule has 0 aliphatic carbocycles. The van der Waals surface area contributed by atoms with E-state index in [-0.39, 0.29) is 28.0 Å². The maximum absolute atomic E-state index is 12.8. The Kier molecular flexibility index (Phi) is 5.38. The predicted molar refractivity (Wildman–Crippen MR) is 85.0 cm³/mol. The summed E-state index contributed by atoms with van der Waals surface area (Å²) in [5.74, 6) is -0.550. The van der Waals surface area contributed by atoms with Crippen molar-refractivity contribution in [3.05, 3.63) is 58.1 Å². The Morgan fingerprint density at radius 3 is 2.35 bits per heavy atom. The number of alkyl halides is 3. The van der Waals surface area contributed by atoms with Gasteiger partial charge in [-0.3, -0.25) is 4.79 Å². The number of para-hydroxylation sites is 1. The first-order chi connectivity index (χ1) is 10.8. The van der Waals surface area contributed by atoms with Crippen LogP contribution in [0.2, 0.25) is 10.0 Å². The first-order valence-corrected chi connectivity index (χ1v) is 7.18. The van der Waals surface area contributed by atoms with Crippen molar-refractivity contribution in [2.75, 3.05) is 17.2 Å². The van der Waals surface area contributed by atoms with Crippen molar-refractivity contribution in [1.82, 2.24) is 0 Å². The van der Waals surface area contributed by atoms with Crippen LogP contribution in [-0.2, 0) is 11.0 Å². The molecular weight excluding hydrogens is 352 g/mol. The van der Waals surface area contributed by atoms with Gasteiger partial charge >= 0.3 is 6.18 Å². The number of hydrogen-bond donors (Lipinski definition) is 2. The monoisotopic (exact) mass is 362 g/mol. The van der Waals surface area contributed by atoms with Gasteiger partial charge in [0.15, 0.2) is 0 Å². The summed E-state index contributed by atoms with van der Waals surface area (Å²) in [6.07, 6.45) is -4.50. The van der Waals surface area contributed by atoms with Crippen molar-refractivity contribution in [3.8, 4) is 0 Å². The molecule has 122 valence electrons. The number of carbonyl (C=O) groups is 1. The summed E-state index contributed by atoms with van der Waals surface area (Å²) >= 11 is 11.7. The molecule has 0 unspecified atom stereocenters. The van der Waals surface area contributed by atoms with Gasteiger partial charge in [0.2, 0.25) is 5.91 Å². The van der Waals surface area contributed by atoms with Gasteiger partial charge in [0.1, 0.15) is 0 Å². The molecule has 0 atom stereocenters. The van der Waals surface area contributed by atoms with Gasteiger partial charge in [0.05, 0.1) is 27.8 Å². The van der Waals surface area contributed by atoms with E-state index in [1.165, 1.54) is 24.3 Å². The zero-order chi connectivity index (χ0) is 17.0. The fourth-order valence-corrected chi connectivity index (χ4v) is 2.20. The molecule has 2 aromatic rings. The maximum Gasteiger partial charge on any atom is 0.418 e. The molecule has 0 fully saturated rings. The Morgan fingerprint density at radius 1 is 1.00 bits per heavy atom. The van der Waals surface area contributed by atoms with Gasteiger partial charge in [-0.2, -0.15) is 13.2 Å². The summed E-state index contributed by atoms with van der Waals surface area (Å²) in [6, 6.07) is 9.60. The number of anilines is 2. The number of benzene rings is 2. The molecular formula is C15H11Cl2F3N2O. The molecule has 8 heteroatoms. The van der Waals surface area contributed by atoms with E-state index in [2.05, 4.69) is 10.6 Å². The first-order valence-electron chi connectivity index (χ1n) is 6.43. The van der Waals surface area contributed by atoms with Crippen LogP contribution in [0, 0.1) is 0 Å². The van der Waals surface area contributed by atoms with Crippen LogP contribution < -0.4 is 10.6 Å². The molecule has 0 radical (unpaired) electrons. The number of hydrogen-bond acceptors (Lipinski definition) is 2. The van der Waals surface area contributed by atoms with E-state index in [0.29, 0.717) is 0 Å². The van der Waals surface area contributed by atoms with E-state index in [1.807, 2.05) is 0 Å². The van der Waals surface area contributed by atoms with Gasteiger partial charge in [-0.15, -0.1) is 0 Å². The number of rotatable bonds is 4. The fraction of sp³-hybridized carbons (Fsp3) is 0.133. The highest BCUT2D eigenvalue weighted by molar-refractivity contribution is 6.44. The van der Waals surface area contributed by atoms with E-state index in [4.69, 9.17) is 23.2 Å². The molecule has 0 saturated heterocycles. The molecule has 0 aliphatic rings. The minimum atomic E-state index is -4.50. The molecule has 2 rings (SSSR count). The lowest BCUT2D eigenvalue weighted by Crippen LogP contribution is -2.23. The largest absolute Gasteiger partial charge is 0.418 e. The van der Waals surface area contributed by atoms with Gasteiger partial charge in [0, 0.05) is 5.69 Å². The zero-order valence-electron chi connectivity index (χ0n) is 11.5. The van der Waals surface area contributed by atoms with Crippen molar-refractivity contribution in [1.29, 1.82) is 0 Å². The van der Waals surface area contributed by atoms with E-state index in [0.717, 1.165) is 6.07 Å². The molecule has 0 saturated carbocycles. The normalized spacial score (nSPS) is 11.2. The average molecular weight is 363 g/mol. The maximum atomic E-state index is 12.8. The summed E-state index contributed by atoms with van der Waals surface area (Å²) in [5, 5.41) is 5.37. The molecule has 0 bridgehead atoms. The van der Waals surface area contributed by atoms with Gasteiger partial charge < -0.3 is 10.6 Å². The predicted octanol–water partition coefficient (Wildman–Crippen LogP) is 5.06. The molecule has 3 nitrogen and oxygen atoms in total. The second kappa shape index (κ2) is 7.10. The second-order valence-electron chi connectivity index (χ2n) is 4.55. The standard InChI is InChI=1S/C15H11Cl2F3N2O/c16-10-5-3-7-12(14(10)17)22-13(23)8-21-11-6-2-1-4-9(11)15(18,19)20/h1-7,21H,8H2,(H,22,23). The Bertz CT molecular complexity index is 720. The topological polar surface area (TPSA) is 41.1 Å². The van der Waals surface area contributed by atoms with E-state index in [1.54, 1.807) is 12.1 Å². The quantitative estimate of drug-likeness (QED) is 0.797. The van der Waals surface area contributed by atoms with Gasteiger partial charge in [0.25, 0.3) is 0 Å². The van der Waals surface area contributed by atoms with Gasteiger partial charge in [-0.1, -0.05) is 41.4 Å². The second-order valence-corrected chi connectivity index (χ2v) is 5.33. The minimum absolute atomic E-state index is 0.165. The summed E-state index contributed by atoms with van der Waals surface area (Å²) in [6.45, 7) is -0.351. The Balaban J connectivity index is 2.04. The summed E-state index contributed by atoms with van der Waals surface area (Å²) < 4.78 is 38.5. The molecule has 23 heavy (non-hydrogen) atoms. The minimum Gasteiger partial charge on any atom is -0.376 e. The number of nitrogens with one attached hydrogen (secondary N) is 2. The third-order valence-electron chi connectivity index (χ3n) is 2.90. The molecule has 0 aromatic heterocycles. The highest BCUT2D eigenvalue weighted by atomic mass is 35.5. The number of halogens is 5. The van der Waals surface area contributed by atoms with Crippen molar-refractivity contribution >= 4 is 40.5 Å². The summed E-state index contributed by atoms with van der Waals surface area (Å²) in [5.41, 5.74) is -0.726. The third-order valence-corrected chi connectivity index (χ3v) is 3.72. The van der Waals surface area contributed by atoms with Crippen molar-refractivity contribution in [2.45, 2.75) is 6.18 Å². The lowest BCUT2D eigenvalue weighted by atomic mass is 10.1. The fourth-order valence-electron chi connectivity index (χ4n) is 1.85. The zero-order valence-corrected chi connectivity index (χ0v) is 13.1. The SMILES string of the molecule is O=C(CNc1ccccc1C(F)(F)F)Nc1cccc(Cl)c1Cl. The molecule has 0 aliphatic heterocycles. The molecule has 0 heterocycles. The summed E-state index contributed by atoms with van der Waals surface area (Å²) in [4.78, 5) is 11.9. The van der Waals surface area contributed by atoms with Gasteiger partial charge in [-0.05, 0) is 24.3 Å². The lowest BCUT2D eigenvalue weighted by Gasteiger charge is -2.14. The molecule has 2 N–H and O–H groups in total. The third kappa shape index (κ3) is 4.53. The van der Waals surface area contributed by atoms with Crippen molar-refractivity contribution in [2.24, 2.45) is 0 Å². The molecule has 0 spiro atoms. The Hall–Kier alpha value is -1.92. The summed E-state index contributed by atoms with van der Waals surface area (Å²) in [7, 11) is 0. The van der Waals surface area contributed by atoms with Crippen LogP contribution in [0.5, 0.6) is 0 Å². The van der Waals surface area contributed by atoms with Crippen LogP contribution in [0.1, 0.15) is 5.56 Å². The molecule has 2 aromatic carbocycles. The first kappa shape index (κ1) is 17.4. The number of amides is 1. The van der Waals surface area contributed by atoms with Crippen LogP contribution in [0.3, 0.4) is 0 Å². The van der Waals surface area contributed by atoms with E-state index in [9.17, 15) is 18.0 Å². The smallest absolute Gasteiger partial charge is 0.376 e. The molecule has 1 amide bonds. The highest BCUT2D eigenvalue weighted by Gasteiger charge is 2.33. The number of carbonyl (C=O) groups excluding carboxylic acids is 1. The van der Waals surface area contributed by atoms with Crippen LogP contribution in [0.4, 0.5) is 24.5 Å². The van der Waals surface area contributed by atoms with Gasteiger partial charge in [-0.25, -0.2) is 0 Å². The average Bonchev–Trinajstić information content (AvgIpc) is 2.49. The Labute approximate surface area is 140 Å². The van der Waals surface area contributed by atoms with Crippen LogP contribution in [0.25, 0.3) is 0 Å². The van der Waals surface area contributed by atoms with Crippen LogP contribution >= 0.6 is 23.2 Å². The van der Waals surface area contributed by atoms with Crippen molar-refractivity contribution < 1.29 is 18.0 Å². The lowest BCUT2D eigenvalue weighted by molar-refractivity contribution is -0.137. The van der Waals surface area contributed by atoms with Crippen molar-refractivity contribution in [3.63, 3.8) is 0 Å². The Morgan fingerprint density at radius 2 is 1.65 bits per heavy atom. The van der Waals surface area contributed by atoms with Crippen LogP contribution in [-0.4, -0.2) is 12.5 Å². The van der Waals surface area contributed by atoms with E-state index >= 15 is 0 Å². The van der Waals surface area contributed by atoms with E-state index < -0.39 is 17.6 Å². The van der Waals surface area contributed by atoms with Crippen LogP contribution in [0.15, 0.2) is 42.5 Å². The highest BCUT2D eigenvalue weighted by Crippen LogP contribution is 2.34.